The Morgan fingerprint density at radius 3 is 2.83 bits per heavy atom. The van der Waals surface area contributed by atoms with Crippen molar-refractivity contribution in [1.82, 2.24) is 4.98 Å². The molecule has 3 aliphatic carbocycles. The second-order valence-electron chi connectivity index (χ2n) is 7.41. The molecule has 1 aromatic heterocycles. The van der Waals surface area contributed by atoms with Crippen LogP contribution in [0.15, 0.2) is 36.5 Å². The molecule has 24 heavy (non-hydrogen) atoms. The summed E-state index contributed by atoms with van der Waals surface area (Å²) in [5.41, 5.74) is 0.910. The molecule has 3 aliphatic rings. The molecule has 3 saturated carbocycles. The smallest absolute Gasteiger partial charge is 0.309 e. The average Bonchev–Trinajstić information content (AvgIpc) is 3.22. The van der Waals surface area contributed by atoms with Crippen molar-refractivity contribution in [2.75, 3.05) is 13.2 Å². The van der Waals surface area contributed by atoms with E-state index in [0.717, 1.165) is 40.8 Å². The van der Waals surface area contributed by atoms with Crippen LogP contribution >= 0.6 is 0 Å². The van der Waals surface area contributed by atoms with Gasteiger partial charge in [-0.15, -0.1) is 0 Å². The maximum atomic E-state index is 12.3. The zero-order valence-corrected chi connectivity index (χ0v) is 13.6. The maximum absolute atomic E-state index is 12.3. The Hall–Kier alpha value is -2.10. The van der Waals surface area contributed by atoms with Crippen LogP contribution in [0.5, 0.6) is 5.75 Å². The highest BCUT2D eigenvalue weighted by atomic mass is 16.6. The van der Waals surface area contributed by atoms with Crippen LogP contribution in [0.3, 0.4) is 0 Å². The van der Waals surface area contributed by atoms with Crippen molar-refractivity contribution in [3.05, 3.63) is 36.5 Å². The predicted octanol–water partition coefficient (Wildman–Crippen LogP) is 3.45. The summed E-state index contributed by atoms with van der Waals surface area (Å²) in [7, 11) is 0. The van der Waals surface area contributed by atoms with Gasteiger partial charge < -0.3 is 9.47 Å². The third kappa shape index (κ3) is 2.27. The molecule has 2 bridgehead atoms. The summed E-state index contributed by atoms with van der Waals surface area (Å²) in [6.45, 7) is 0.698. The van der Waals surface area contributed by atoms with Crippen LogP contribution in [0.1, 0.15) is 19.3 Å². The average molecular weight is 323 g/mol. The van der Waals surface area contributed by atoms with Crippen LogP contribution < -0.4 is 4.74 Å². The number of pyridine rings is 1. The number of benzene rings is 1. The molecule has 2 aromatic rings. The highest BCUT2D eigenvalue weighted by Crippen LogP contribution is 2.67. The Labute approximate surface area is 141 Å². The van der Waals surface area contributed by atoms with E-state index in [1.165, 1.54) is 12.8 Å². The SMILES string of the molecule is O=C(OCCOc1ccnc2ccccc12)C1CC2CC1C1CC21. The van der Waals surface area contributed by atoms with Gasteiger partial charge in [0, 0.05) is 11.6 Å². The van der Waals surface area contributed by atoms with Gasteiger partial charge in [0.25, 0.3) is 0 Å². The fourth-order valence-electron chi connectivity index (χ4n) is 5.07. The third-order valence-corrected chi connectivity index (χ3v) is 6.19. The van der Waals surface area contributed by atoms with Crippen molar-refractivity contribution in [2.45, 2.75) is 19.3 Å². The van der Waals surface area contributed by atoms with Gasteiger partial charge in [-0.2, -0.15) is 0 Å². The molecule has 1 aromatic carbocycles. The number of ether oxygens (including phenoxy) is 2. The topological polar surface area (TPSA) is 48.4 Å². The lowest BCUT2D eigenvalue weighted by Gasteiger charge is -2.19. The van der Waals surface area contributed by atoms with Gasteiger partial charge in [-0.3, -0.25) is 9.78 Å². The molecule has 5 unspecified atom stereocenters. The van der Waals surface area contributed by atoms with Gasteiger partial charge >= 0.3 is 5.97 Å². The molecule has 0 spiro atoms. The highest BCUT2D eigenvalue weighted by molar-refractivity contribution is 5.84. The van der Waals surface area contributed by atoms with Crippen LogP contribution in [-0.2, 0) is 9.53 Å². The van der Waals surface area contributed by atoms with E-state index in [9.17, 15) is 4.79 Å². The van der Waals surface area contributed by atoms with Gasteiger partial charge in [0.1, 0.15) is 19.0 Å². The minimum atomic E-state index is -0.00367. The number of esters is 1. The van der Waals surface area contributed by atoms with Crippen LogP contribution in [0.4, 0.5) is 0 Å². The normalized spacial score (nSPS) is 32.6. The van der Waals surface area contributed by atoms with E-state index < -0.39 is 0 Å². The molecule has 0 radical (unpaired) electrons. The third-order valence-electron chi connectivity index (χ3n) is 6.19. The quantitative estimate of drug-likeness (QED) is 0.624. The number of para-hydroxylation sites is 1. The first-order chi connectivity index (χ1) is 11.8. The van der Waals surface area contributed by atoms with Gasteiger partial charge in [0.15, 0.2) is 0 Å². The Bertz CT molecular complexity index is 784. The second-order valence-corrected chi connectivity index (χ2v) is 7.41. The summed E-state index contributed by atoms with van der Waals surface area (Å²) in [5, 5.41) is 0.985. The fraction of sp³-hybridized carbons (Fsp3) is 0.500. The molecule has 3 fully saturated rings. The Kier molecular flexibility index (Phi) is 3.25. The Morgan fingerprint density at radius 1 is 1.04 bits per heavy atom. The Balaban J connectivity index is 1.15. The number of rotatable bonds is 5. The molecule has 5 rings (SSSR count). The van der Waals surface area contributed by atoms with Gasteiger partial charge in [0.05, 0.1) is 11.4 Å². The van der Waals surface area contributed by atoms with Crippen molar-refractivity contribution < 1.29 is 14.3 Å². The van der Waals surface area contributed by atoms with E-state index in [1.54, 1.807) is 6.20 Å². The van der Waals surface area contributed by atoms with Crippen molar-refractivity contribution >= 4 is 16.9 Å². The summed E-state index contributed by atoms with van der Waals surface area (Å²) in [6.07, 6.45) is 5.41. The molecule has 124 valence electrons. The number of fused-ring (bicyclic) bond motifs is 6. The molecular formula is C20H21NO3. The highest BCUT2D eigenvalue weighted by Gasteiger charge is 2.62. The second kappa shape index (κ2) is 5.47. The summed E-state index contributed by atoms with van der Waals surface area (Å²) < 4.78 is 11.3. The summed E-state index contributed by atoms with van der Waals surface area (Å²) >= 11 is 0. The van der Waals surface area contributed by atoms with Crippen LogP contribution in [-0.4, -0.2) is 24.2 Å². The first-order valence-corrected chi connectivity index (χ1v) is 8.94. The van der Waals surface area contributed by atoms with Crippen LogP contribution in [0, 0.1) is 29.6 Å². The van der Waals surface area contributed by atoms with Gasteiger partial charge in [-0.1, -0.05) is 12.1 Å². The molecule has 0 saturated heterocycles. The predicted molar refractivity (Wildman–Crippen MR) is 89.5 cm³/mol. The van der Waals surface area contributed by atoms with E-state index in [2.05, 4.69) is 4.98 Å². The molecule has 0 amide bonds. The molecule has 5 atom stereocenters. The molecule has 4 heteroatoms. The number of carbonyl (C=O) groups excluding carboxylic acids is 1. The number of aromatic nitrogens is 1. The van der Waals surface area contributed by atoms with Crippen LogP contribution in [0.25, 0.3) is 10.9 Å². The first kappa shape index (κ1) is 14.3. The molecule has 1 heterocycles. The number of hydrogen-bond donors (Lipinski definition) is 0. The molecule has 4 nitrogen and oxygen atoms in total. The minimum Gasteiger partial charge on any atom is -0.489 e. The molecule has 0 N–H and O–H groups in total. The zero-order valence-electron chi connectivity index (χ0n) is 13.6. The lowest BCUT2D eigenvalue weighted by atomic mass is 9.89. The minimum absolute atomic E-state index is 0.00367. The molecule has 0 aliphatic heterocycles. The summed E-state index contributed by atoms with van der Waals surface area (Å²) in [6, 6.07) is 9.73. The van der Waals surface area contributed by atoms with Crippen molar-refractivity contribution in [3.8, 4) is 5.75 Å². The van der Waals surface area contributed by atoms with E-state index in [4.69, 9.17) is 9.47 Å². The van der Waals surface area contributed by atoms with Gasteiger partial charge in [-0.05, 0) is 61.1 Å². The number of nitrogens with zero attached hydrogens (tertiary/aromatic N) is 1. The molecular weight excluding hydrogens is 302 g/mol. The van der Waals surface area contributed by atoms with E-state index >= 15 is 0 Å². The van der Waals surface area contributed by atoms with Crippen molar-refractivity contribution in [3.63, 3.8) is 0 Å². The summed E-state index contributed by atoms with van der Waals surface area (Å²) in [4.78, 5) is 16.7. The maximum Gasteiger partial charge on any atom is 0.309 e. The number of hydrogen-bond acceptors (Lipinski definition) is 4. The zero-order chi connectivity index (χ0) is 16.1. The van der Waals surface area contributed by atoms with Gasteiger partial charge in [-0.25, -0.2) is 0 Å². The van der Waals surface area contributed by atoms with E-state index in [0.29, 0.717) is 19.1 Å². The van der Waals surface area contributed by atoms with E-state index in [1.807, 2.05) is 30.3 Å². The van der Waals surface area contributed by atoms with Crippen LogP contribution in [0.2, 0.25) is 0 Å². The standard InChI is InChI=1S/C20H21NO3/c22-20(17-10-12-9-15(17)16-11-14(12)16)24-8-7-23-19-5-6-21-18-4-2-1-3-13(18)19/h1-6,12,14-17H,7-11H2. The lowest BCUT2D eigenvalue weighted by Crippen LogP contribution is -2.26. The van der Waals surface area contributed by atoms with E-state index in [-0.39, 0.29) is 11.9 Å². The Morgan fingerprint density at radius 2 is 1.96 bits per heavy atom. The van der Waals surface area contributed by atoms with Gasteiger partial charge in [0.2, 0.25) is 0 Å². The largest absolute Gasteiger partial charge is 0.489 e. The summed E-state index contributed by atoms with van der Waals surface area (Å²) in [5.74, 6) is 4.13. The van der Waals surface area contributed by atoms with Crippen molar-refractivity contribution in [1.29, 1.82) is 0 Å². The van der Waals surface area contributed by atoms with Crippen molar-refractivity contribution in [2.24, 2.45) is 29.6 Å². The number of carbonyl (C=O) groups is 1. The lowest BCUT2D eigenvalue weighted by molar-refractivity contribution is -0.151. The monoisotopic (exact) mass is 323 g/mol. The first-order valence-electron chi connectivity index (χ1n) is 8.94. The fourth-order valence-corrected chi connectivity index (χ4v) is 5.07.